The van der Waals surface area contributed by atoms with Crippen molar-refractivity contribution < 1.29 is 9.21 Å². The third kappa shape index (κ3) is 4.18. The first kappa shape index (κ1) is 19.2. The minimum atomic E-state index is -0.153. The number of amides is 1. The maximum Gasteiger partial charge on any atom is 0.267 e. The fraction of sp³-hybridized carbons (Fsp3) is 0.0455. The Bertz CT molecular complexity index is 1120. The van der Waals surface area contributed by atoms with Gasteiger partial charge in [-0.2, -0.15) is 0 Å². The van der Waals surface area contributed by atoms with Crippen LogP contribution in [0.15, 0.2) is 87.8 Å². The summed E-state index contributed by atoms with van der Waals surface area (Å²) >= 11 is 7.52. The molecule has 0 aliphatic carbocycles. The minimum Gasteiger partial charge on any atom is -0.457 e. The molecule has 144 valence electrons. The zero-order valence-corrected chi connectivity index (χ0v) is 16.9. The lowest BCUT2D eigenvalue weighted by molar-refractivity contribution is -0.121. The van der Waals surface area contributed by atoms with Crippen LogP contribution in [0.2, 0.25) is 5.02 Å². The molecule has 3 aromatic rings. The Kier molecular flexibility index (Phi) is 5.64. The van der Waals surface area contributed by atoms with E-state index in [4.69, 9.17) is 16.0 Å². The van der Waals surface area contributed by atoms with Gasteiger partial charge >= 0.3 is 0 Å². The molecule has 0 bridgehead atoms. The van der Waals surface area contributed by atoms with Crippen molar-refractivity contribution in [3.8, 4) is 11.3 Å². The van der Waals surface area contributed by atoms with Gasteiger partial charge in [0, 0.05) is 24.4 Å². The van der Waals surface area contributed by atoms with Crippen LogP contribution in [0, 0.1) is 0 Å². The van der Waals surface area contributed by atoms with E-state index in [0.29, 0.717) is 39.0 Å². The van der Waals surface area contributed by atoms with Crippen molar-refractivity contribution in [2.24, 2.45) is 4.99 Å². The summed E-state index contributed by atoms with van der Waals surface area (Å²) in [4.78, 5) is 23.6. The lowest BCUT2D eigenvalue weighted by atomic mass is 10.2. The predicted octanol–water partition coefficient (Wildman–Crippen LogP) is 5.79. The predicted molar refractivity (Wildman–Crippen MR) is 118 cm³/mol. The molecule has 1 aromatic carbocycles. The van der Waals surface area contributed by atoms with Crippen molar-refractivity contribution in [1.29, 1.82) is 0 Å². The summed E-state index contributed by atoms with van der Waals surface area (Å²) in [6.45, 7) is 4.09. The first-order valence-corrected chi connectivity index (χ1v) is 10.0. The monoisotopic (exact) mass is 421 g/mol. The second-order valence-corrected chi connectivity index (χ2v) is 7.50. The van der Waals surface area contributed by atoms with E-state index in [1.54, 1.807) is 35.4 Å². The molecule has 4 rings (SSSR count). The van der Waals surface area contributed by atoms with Crippen LogP contribution in [0.5, 0.6) is 0 Å². The average molecular weight is 422 g/mol. The number of rotatable bonds is 5. The van der Waals surface area contributed by atoms with E-state index in [2.05, 4.69) is 16.6 Å². The van der Waals surface area contributed by atoms with Gasteiger partial charge < -0.3 is 4.42 Å². The van der Waals surface area contributed by atoms with Crippen molar-refractivity contribution in [1.82, 2.24) is 9.88 Å². The number of halogens is 1. The van der Waals surface area contributed by atoms with Crippen LogP contribution in [0.4, 0.5) is 5.82 Å². The molecule has 0 N–H and O–H groups in total. The molecule has 0 radical (unpaired) electrons. The van der Waals surface area contributed by atoms with Crippen molar-refractivity contribution in [3.63, 3.8) is 0 Å². The molecule has 0 spiro atoms. The summed E-state index contributed by atoms with van der Waals surface area (Å²) in [7, 11) is 0. The quantitative estimate of drug-likeness (QED) is 0.386. The summed E-state index contributed by atoms with van der Waals surface area (Å²) in [6.07, 6.45) is 5.04. The van der Waals surface area contributed by atoms with Gasteiger partial charge in [0.05, 0.1) is 9.93 Å². The molecular formula is C22H16ClN3O2S. The summed E-state index contributed by atoms with van der Waals surface area (Å²) < 4.78 is 5.89. The third-order valence-corrected chi connectivity index (χ3v) is 5.43. The summed E-state index contributed by atoms with van der Waals surface area (Å²) in [6, 6.07) is 16.5. The second kappa shape index (κ2) is 8.51. The van der Waals surface area contributed by atoms with Gasteiger partial charge in [-0.15, -0.1) is 6.58 Å². The van der Waals surface area contributed by atoms with Gasteiger partial charge in [0.25, 0.3) is 5.91 Å². The van der Waals surface area contributed by atoms with Crippen LogP contribution in [-0.2, 0) is 4.79 Å². The highest BCUT2D eigenvalue weighted by Gasteiger charge is 2.33. The number of hydrogen-bond donors (Lipinski definition) is 0. The average Bonchev–Trinajstić information content (AvgIpc) is 3.30. The molecule has 3 heterocycles. The van der Waals surface area contributed by atoms with Crippen molar-refractivity contribution in [2.75, 3.05) is 6.54 Å². The topological polar surface area (TPSA) is 58.7 Å². The molecule has 1 aliphatic rings. The molecule has 1 aliphatic heterocycles. The van der Waals surface area contributed by atoms with Gasteiger partial charge in [-0.25, -0.2) is 9.98 Å². The Balaban J connectivity index is 1.64. The Labute approximate surface area is 177 Å². The van der Waals surface area contributed by atoms with Crippen LogP contribution in [0.3, 0.4) is 0 Å². The smallest absolute Gasteiger partial charge is 0.267 e. The molecular weight excluding hydrogens is 406 g/mol. The first-order chi connectivity index (χ1) is 14.2. The fourth-order valence-electron chi connectivity index (χ4n) is 2.76. The Morgan fingerprint density at radius 1 is 1.17 bits per heavy atom. The standard InChI is InChI=1S/C22H16ClN3O2S/c1-2-13-26-21(27)19(29-22(26)25-20-9-5-6-12-24-20)14-15-10-11-18(28-15)16-7-3-4-8-17(16)23/h2-12,14H,1,13H2/b19-14+,25-22+. The number of nitrogens with zero attached hydrogens (tertiary/aromatic N) is 3. The lowest BCUT2D eigenvalue weighted by Gasteiger charge is -2.12. The molecule has 0 atom stereocenters. The maximum atomic E-state index is 12.9. The van der Waals surface area contributed by atoms with E-state index in [9.17, 15) is 4.79 Å². The number of aromatic nitrogens is 1. The lowest BCUT2D eigenvalue weighted by Crippen LogP contribution is -2.29. The molecule has 1 amide bonds. The van der Waals surface area contributed by atoms with E-state index < -0.39 is 0 Å². The zero-order chi connectivity index (χ0) is 20.2. The Morgan fingerprint density at radius 2 is 2.00 bits per heavy atom. The Morgan fingerprint density at radius 3 is 2.76 bits per heavy atom. The molecule has 7 heteroatoms. The number of hydrogen-bond acceptors (Lipinski definition) is 5. The van der Waals surface area contributed by atoms with E-state index in [1.165, 1.54) is 11.8 Å². The van der Waals surface area contributed by atoms with Gasteiger partial charge in [0.1, 0.15) is 11.5 Å². The van der Waals surface area contributed by atoms with E-state index >= 15 is 0 Å². The molecule has 1 fully saturated rings. The van der Waals surface area contributed by atoms with Gasteiger partial charge in [0.2, 0.25) is 0 Å². The highest BCUT2D eigenvalue weighted by atomic mass is 35.5. The van der Waals surface area contributed by atoms with Crippen molar-refractivity contribution in [3.05, 3.63) is 89.1 Å². The summed E-state index contributed by atoms with van der Waals surface area (Å²) in [5.41, 5.74) is 0.801. The second-order valence-electron chi connectivity index (χ2n) is 6.08. The van der Waals surface area contributed by atoms with Crippen LogP contribution in [0.25, 0.3) is 17.4 Å². The number of furan rings is 1. The van der Waals surface area contributed by atoms with Crippen LogP contribution in [-0.4, -0.2) is 27.5 Å². The van der Waals surface area contributed by atoms with Crippen LogP contribution < -0.4 is 0 Å². The highest BCUT2D eigenvalue weighted by molar-refractivity contribution is 8.18. The first-order valence-electron chi connectivity index (χ1n) is 8.82. The number of carbonyl (C=O) groups excluding carboxylic acids is 1. The molecule has 1 saturated heterocycles. The maximum absolute atomic E-state index is 12.9. The van der Waals surface area contributed by atoms with Crippen LogP contribution in [0.1, 0.15) is 5.76 Å². The number of aliphatic imine (C=N–C) groups is 1. The van der Waals surface area contributed by atoms with Crippen LogP contribution >= 0.6 is 23.4 Å². The molecule has 29 heavy (non-hydrogen) atoms. The third-order valence-electron chi connectivity index (χ3n) is 4.10. The number of thioether (sulfide) groups is 1. The van der Waals surface area contributed by atoms with E-state index in [0.717, 1.165) is 5.56 Å². The van der Waals surface area contributed by atoms with Gasteiger partial charge in [-0.3, -0.25) is 9.69 Å². The number of benzene rings is 1. The van der Waals surface area contributed by atoms with Gasteiger partial charge in [-0.05, 0) is 48.2 Å². The SMILES string of the molecule is C=CCN1C(=O)/C(=C\c2ccc(-c3ccccc3Cl)o2)S/C1=N/c1ccccn1. The number of amidine groups is 1. The van der Waals surface area contributed by atoms with E-state index in [-0.39, 0.29) is 5.91 Å². The summed E-state index contributed by atoms with van der Waals surface area (Å²) in [5.74, 6) is 1.59. The zero-order valence-electron chi connectivity index (χ0n) is 15.3. The molecule has 5 nitrogen and oxygen atoms in total. The van der Waals surface area contributed by atoms with Gasteiger partial charge in [-0.1, -0.05) is 35.9 Å². The largest absolute Gasteiger partial charge is 0.457 e. The van der Waals surface area contributed by atoms with E-state index in [1.807, 2.05) is 42.5 Å². The molecule has 2 aromatic heterocycles. The van der Waals surface area contributed by atoms with Crippen molar-refractivity contribution in [2.45, 2.75) is 0 Å². The fourth-order valence-corrected chi connectivity index (χ4v) is 3.97. The number of carbonyl (C=O) groups is 1. The van der Waals surface area contributed by atoms with Crippen molar-refractivity contribution >= 4 is 46.3 Å². The minimum absolute atomic E-state index is 0.153. The molecule has 0 saturated carbocycles. The normalized spacial score (nSPS) is 16.7. The highest BCUT2D eigenvalue weighted by Crippen LogP contribution is 2.35. The number of pyridine rings is 1. The molecule has 0 unspecified atom stereocenters. The summed E-state index contributed by atoms with van der Waals surface area (Å²) in [5, 5.41) is 1.16. The van der Waals surface area contributed by atoms with Gasteiger partial charge in [0.15, 0.2) is 11.0 Å². The Hall–Kier alpha value is -3.09.